The number of hydrogen-bond donors (Lipinski definition) is 2. The minimum absolute atomic E-state index is 0.151. The molecule has 1 aromatic carbocycles. The lowest BCUT2D eigenvalue weighted by atomic mass is 9.76. The Labute approximate surface area is 152 Å². The zero-order valence-electron chi connectivity index (χ0n) is 15.5. The number of carbonyl (C=O) groups excluding carboxylic acids is 3. The third kappa shape index (κ3) is 1.92. The Kier molecular flexibility index (Phi) is 3.71. The van der Waals surface area contributed by atoms with E-state index in [4.69, 9.17) is 4.74 Å². The molecule has 4 atom stereocenters. The van der Waals surface area contributed by atoms with Gasteiger partial charge in [0.25, 0.3) is 5.91 Å². The van der Waals surface area contributed by atoms with Crippen molar-refractivity contribution in [3.63, 3.8) is 0 Å². The highest BCUT2D eigenvalue weighted by atomic mass is 16.5. The molecule has 3 aliphatic rings. The average molecular weight is 358 g/mol. The second kappa shape index (κ2) is 5.62. The maximum Gasteiger partial charge on any atom is 0.291 e. The van der Waals surface area contributed by atoms with Crippen LogP contribution in [-0.2, 0) is 24.7 Å². The fourth-order valence-corrected chi connectivity index (χ4v) is 4.92. The summed E-state index contributed by atoms with van der Waals surface area (Å²) >= 11 is 0. The number of hydrogen-bond acceptors (Lipinski definition) is 4. The molecule has 3 aliphatic heterocycles. The van der Waals surface area contributed by atoms with Crippen LogP contribution >= 0.6 is 0 Å². The molecule has 3 heterocycles. The Hall–Kier alpha value is -2.25. The monoisotopic (exact) mass is 358 g/mol. The molecule has 0 saturated carbocycles. The first-order chi connectivity index (χ1) is 12.3. The summed E-state index contributed by atoms with van der Waals surface area (Å²) in [5, 5.41) is 4.91. The summed E-state index contributed by atoms with van der Waals surface area (Å²) in [5.41, 5.74) is 2.63. The van der Waals surface area contributed by atoms with E-state index in [-0.39, 0.29) is 30.3 Å². The molecule has 138 valence electrons. The first-order valence-corrected chi connectivity index (χ1v) is 8.97. The molecule has 4 rings (SSSR count). The second-order valence-corrected chi connectivity index (χ2v) is 7.60. The maximum atomic E-state index is 13.2. The Morgan fingerprint density at radius 1 is 1.23 bits per heavy atom. The summed E-state index contributed by atoms with van der Waals surface area (Å²) in [5.74, 6) is -1.82. The van der Waals surface area contributed by atoms with Gasteiger partial charge in [-0.3, -0.25) is 19.3 Å². The van der Waals surface area contributed by atoms with E-state index in [9.17, 15) is 14.4 Å². The van der Waals surface area contributed by atoms with Gasteiger partial charge in [0.2, 0.25) is 17.4 Å². The summed E-state index contributed by atoms with van der Waals surface area (Å²) in [6.45, 7) is 6.40. The smallest absolute Gasteiger partial charge is 0.291 e. The molecule has 26 heavy (non-hydrogen) atoms. The Balaban J connectivity index is 1.85. The van der Waals surface area contributed by atoms with E-state index in [2.05, 4.69) is 5.32 Å². The number of ether oxygens (including phenoxy) is 1. The Morgan fingerprint density at radius 2 is 1.96 bits per heavy atom. The van der Waals surface area contributed by atoms with Crippen LogP contribution in [0.2, 0.25) is 0 Å². The van der Waals surface area contributed by atoms with Gasteiger partial charge in [-0.15, -0.1) is 0 Å². The van der Waals surface area contributed by atoms with Crippen molar-refractivity contribution < 1.29 is 24.4 Å². The number of amides is 3. The second-order valence-electron chi connectivity index (χ2n) is 7.60. The first-order valence-electron chi connectivity index (χ1n) is 8.97. The number of imide groups is 1. The molecule has 0 bridgehead atoms. The number of benzene rings is 1. The zero-order chi connectivity index (χ0) is 18.8. The van der Waals surface area contributed by atoms with E-state index in [1.165, 1.54) is 12.0 Å². The van der Waals surface area contributed by atoms with Crippen LogP contribution in [0.25, 0.3) is 0 Å². The molecule has 7 heteroatoms. The van der Waals surface area contributed by atoms with Gasteiger partial charge in [0.1, 0.15) is 11.8 Å². The normalized spacial score (nSPS) is 32.4. The van der Waals surface area contributed by atoms with Crippen molar-refractivity contribution in [2.45, 2.75) is 32.4 Å². The predicted octanol–water partition coefficient (Wildman–Crippen LogP) is -0.336. The minimum atomic E-state index is -1.06. The highest BCUT2D eigenvalue weighted by Gasteiger charge is 2.73. The fourth-order valence-electron chi connectivity index (χ4n) is 4.92. The summed E-state index contributed by atoms with van der Waals surface area (Å²) in [6.07, 6.45) is 0. The van der Waals surface area contributed by atoms with Crippen LogP contribution < -0.4 is 10.6 Å². The largest absolute Gasteiger partial charge is 0.383 e. The highest BCUT2D eigenvalue weighted by molar-refractivity contribution is 6.14. The standard InChI is InChI=1S/C19H23N3O4/c1-9-5-6-12-15(10(9)2)20-18(25)19(12)14-13(11(3)21-19)16(23)22(17(14)24)7-8-26-4/h5-6,11,13-14,21H,7-8H2,1-4H3,(H,20,25)/p+1/t11-,13-,14+,19-/m1/s1. The van der Waals surface area contributed by atoms with Gasteiger partial charge in [-0.1, -0.05) is 6.07 Å². The molecule has 1 aromatic rings. The van der Waals surface area contributed by atoms with Crippen molar-refractivity contribution in [1.82, 2.24) is 4.90 Å². The Morgan fingerprint density at radius 3 is 2.65 bits per heavy atom. The molecule has 7 nitrogen and oxygen atoms in total. The number of nitrogens with zero attached hydrogens (tertiary/aromatic N) is 1. The quantitative estimate of drug-likeness (QED) is 0.724. The summed E-state index contributed by atoms with van der Waals surface area (Å²) in [6, 6.07) is 3.75. The molecule has 2 saturated heterocycles. The lowest BCUT2D eigenvalue weighted by Gasteiger charge is -2.26. The number of anilines is 1. The number of quaternary nitrogens is 1. The molecular formula is C19H24N3O4+. The SMILES string of the molecule is COCCN1C(=O)[C@H]2[C@@H](C1=O)[C@@]1([NH2+][C@@H]2C)C(=O)Nc2c1ccc(C)c2C. The number of likely N-dealkylation sites (tertiary alicyclic amines) is 1. The van der Waals surface area contributed by atoms with Crippen LogP contribution in [0.1, 0.15) is 23.6 Å². The predicted molar refractivity (Wildman–Crippen MR) is 93.2 cm³/mol. The van der Waals surface area contributed by atoms with Gasteiger partial charge in [0.05, 0.1) is 24.9 Å². The van der Waals surface area contributed by atoms with Crippen molar-refractivity contribution in [1.29, 1.82) is 0 Å². The van der Waals surface area contributed by atoms with Crippen molar-refractivity contribution in [2.24, 2.45) is 11.8 Å². The van der Waals surface area contributed by atoms with Crippen LogP contribution in [0.3, 0.4) is 0 Å². The lowest BCUT2D eigenvalue weighted by Crippen LogP contribution is -2.98. The lowest BCUT2D eigenvalue weighted by molar-refractivity contribution is -0.730. The number of nitrogens with one attached hydrogen (secondary N) is 1. The van der Waals surface area contributed by atoms with Crippen molar-refractivity contribution in [2.75, 3.05) is 25.6 Å². The number of rotatable bonds is 3. The topological polar surface area (TPSA) is 92.3 Å². The molecule has 3 amide bonds. The third-order valence-corrected chi connectivity index (χ3v) is 6.34. The van der Waals surface area contributed by atoms with Gasteiger partial charge in [0, 0.05) is 12.7 Å². The van der Waals surface area contributed by atoms with Gasteiger partial charge >= 0.3 is 0 Å². The fraction of sp³-hybridized carbons (Fsp3) is 0.526. The van der Waals surface area contributed by atoms with Crippen LogP contribution in [0.4, 0.5) is 5.69 Å². The van der Waals surface area contributed by atoms with Gasteiger partial charge in [0.15, 0.2) is 0 Å². The van der Waals surface area contributed by atoms with E-state index < -0.39 is 17.4 Å². The molecule has 0 radical (unpaired) electrons. The van der Waals surface area contributed by atoms with E-state index >= 15 is 0 Å². The van der Waals surface area contributed by atoms with Crippen molar-refractivity contribution in [3.8, 4) is 0 Å². The average Bonchev–Trinajstić information content (AvgIpc) is 3.16. The van der Waals surface area contributed by atoms with E-state index in [0.717, 1.165) is 22.4 Å². The summed E-state index contributed by atoms with van der Waals surface area (Å²) in [4.78, 5) is 40.5. The number of aryl methyl sites for hydroxylation is 1. The number of fused-ring (bicyclic) bond motifs is 4. The van der Waals surface area contributed by atoms with Crippen LogP contribution in [0.15, 0.2) is 12.1 Å². The number of methoxy groups -OCH3 is 1. The summed E-state index contributed by atoms with van der Waals surface area (Å²) in [7, 11) is 1.54. The van der Waals surface area contributed by atoms with Gasteiger partial charge < -0.3 is 15.4 Å². The molecule has 0 aromatic heterocycles. The van der Waals surface area contributed by atoms with Gasteiger partial charge in [-0.2, -0.15) is 0 Å². The summed E-state index contributed by atoms with van der Waals surface area (Å²) < 4.78 is 5.04. The zero-order valence-corrected chi connectivity index (χ0v) is 15.5. The van der Waals surface area contributed by atoms with Crippen LogP contribution in [0, 0.1) is 25.7 Å². The van der Waals surface area contributed by atoms with Crippen molar-refractivity contribution in [3.05, 3.63) is 28.8 Å². The molecule has 0 aliphatic carbocycles. The van der Waals surface area contributed by atoms with E-state index in [1.807, 2.05) is 38.2 Å². The third-order valence-electron chi connectivity index (χ3n) is 6.34. The van der Waals surface area contributed by atoms with Crippen molar-refractivity contribution >= 4 is 23.4 Å². The first kappa shape index (κ1) is 17.2. The molecule has 0 unspecified atom stereocenters. The van der Waals surface area contributed by atoms with E-state index in [1.54, 1.807) is 0 Å². The van der Waals surface area contributed by atoms with E-state index in [0.29, 0.717) is 6.61 Å². The molecule has 3 N–H and O–H groups in total. The Bertz CT molecular complexity index is 836. The van der Waals surface area contributed by atoms with Gasteiger partial charge in [-0.05, 0) is 38.0 Å². The molecule has 2 fully saturated rings. The minimum Gasteiger partial charge on any atom is -0.383 e. The van der Waals surface area contributed by atoms with Crippen LogP contribution in [-0.4, -0.2) is 48.9 Å². The molecular weight excluding hydrogens is 334 g/mol. The van der Waals surface area contributed by atoms with Crippen LogP contribution in [0.5, 0.6) is 0 Å². The molecule has 1 spiro atoms. The number of nitrogens with two attached hydrogens (primary N) is 1. The number of carbonyl (C=O) groups is 3. The highest BCUT2D eigenvalue weighted by Crippen LogP contribution is 2.49. The van der Waals surface area contributed by atoms with Gasteiger partial charge in [-0.25, -0.2) is 0 Å². The maximum absolute atomic E-state index is 13.2.